The van der Waals surface area contributed by atoms with Crippen molar-refractivity contribution in [2.45, 2.75) is 25.4 Å². The van der Waals surface area contributed by atoms with E-state index in [1.807, 2.05) is 12.1 Å². The Morgan fingerprint density at radius 3 is 2.80 bits per heavy atom. The zero-order valence-corrected chi connectivity index (χ0v) is 14.9. The van der Waals surface area contributed by atoms with E-state index in [0.717, 1.165) is 12.0 Å². The molecule has 1 aliphatic rings. The molecule has 130 valence electrons. The summed E-state index contributed by atoms with van der Waals surface area (Å²) in [6.45, 7) is 0.933. The standard InChI is InChI=1S/C18H17Cl2N3O2/c19-14-6-5-13(9-15(14)20)18(25)23-8-2-4-16(23)17(24)22-11-12-3-1-7-21-10-12/h1,3,5-7,9-10,16H,2,4,8,11H2,(H,22,24)/t16-/m0/s1. The number of aromatic nitrogens is 1. The molecular formula is C18H17Cl2N3O2. The van der Waals surface area contributed by atoms with Gasteiger partial charge in [-0.15, -0.1) is 0 Å². The van der Waals surface area contributed by atoms with Crippen LogP contribution in [0.3, 0.4) is 0 Å². The number of rotatable bonds is 4. The van der Waals surface area contributed by atoms with Gasteiger partial charge >= 0.3 is 0 Å². The number of likely N-dealkylation sites (tertiary alicyclic amines) is 1. The molecule has 1 fully saturated rings. The molecule has 0 aliphatic carbocycles. The fourth-order valence-electron chi connectivity index (χ4n) is 2.89. The quantitative estimate of drug-likeness (QED) is 0.888. The lowest BCUT2D eigenvalue weighted by Crippen LogP contribution is -2.45. The molecule has 2 heterocycles. The van der Waals surface area contributed by atoms with Crippen LogP contribution in [0.15, 0.2) is 42.7 Å². The molecule has 0 saturated carbocycles. The van der Waals surface area contributed by atoms with Crippen molar-refractivity contribution in [2.75, 3.05) is 6.54 Å². The maximum absolute atomic E-state index is 12.7. The third-order valence-corrected chi connectivity index (χ3v) is 4.91. The minimum Gasteiger partial charge on any atom is -0.350 e. The Morgan fingerprint density at radius 1 is 1.24 bits per heavy atom. The number of hydrogen-bond acceptors (Lipinski definition) is 3. The molecular weight excluding hydrogens is 361 g/mol. The van der Waals surface area contributed by atoms with Gasteiger partial charge in [-0.2, -0.15) is 0 Å². The van der Waals surface area contributed by atoms with E-state index in [0.29, 0.717) is 35.1 Å². The molecule has 1 atom stereocenters. The summed E-state index contributed by atoms with van der Waals surface area (Å²) in [6.07, 6.45) is 4.82. The molecule has 1 aliphatic heterocycles. The van der Waals surface area contributed by atoms with Gasteiger partial charge in [0, 0.05) is 31.0 Å². The van der Waals surface area contributed by atoms with Crippen LogP contribution in [0.25, 0.3) is 0 Å². The smallest absolute Gasteiger partial charge is 0.254 e. The van der Waals surface area contributed by atoms with Crippen LogP contribution < -0.4 is 5.32 Å². The third-order valence-electron chi connectivity index (χ3n) is 4.17. The normalized spacial score (nSPS) is 16.7. The molecule has 2 amide bonds. The van der Waals surface area contributed by atoms with E-state index >= 15 is 0 Å². The highest BCUT2D eigenvalue weighted by atomic mass is 35.5. The van der Waals surface area contributed by atoms with Crippen LogP contribution in [0.2, 0.25) is 10.0 Å². The van der Waals surface area contributed by atoms with E-state index in [9.17, 15) is 9.59 Å². The summed E-state index contributed by atoms with van der Waals surface area (Å²) in [7, 11) is 0. The lowest BCUT2D eigenvalue weighted by atomic mass is 10.1. The summed E-state index contributed by atoms with van der Waals surface area (Å²) >= 11 is 11.9. The molecule has 1 N–H and O–H groups in total. The van der Waals surface area contributed by atoms with Crippen LogP contribution >= 0.6 is 23.2 Å². The Kier molecular flexibility index (Phi) is 5.56. The van der Waals surface area contributed by atoms with Gasteiger partial charge in [-0.05, 0) is 42.7 Å². The topological polar surface area (TPSA) is 62.3 Å². The zero-order valence-electron chi connectivity index (χ0n) is 13.4. The monoisotopic (exact) mass is 377 g/mol. The summed E-state index contributed by atoms with van der Waals surface area (Å²) in [5.74, 6) is -0.368. The molecule has 0 bridgehead atoms. The van der Waals surface area contributed by atoms with Gasteiger partial charge in [-0.1, -0.05) is 29.3 Å². The summed E-state index contributed by atoms with van der Waals surface area (Å²) in [5.41, 5.74) is 1.34. The molecule has 3 rings (SSSR count). The molecule has 0 radical (unpaired) electrons. The maximum Gasteiger partial charge on any atom is 0.254 e. The van der Waals surface area contributed by atoms with Crippen molar-refractivity contribution >= 4 is 35.0 Å². The average Bonchev–Trinajstić information content (AvgIpc) is 3.12. The first-order chi connectivity index (χ1) is 12.1. The molecule has 7 heteroatoms. The SMILES string of the molecule is O=C(NCc1cccnc1)[C@@H]1CCCN1C(=O)c1ccc(Cl)c(Cl)c1. The number of pyridine rings is 1. The first kappa shape index (κ1) is 17.7. The molecule has 25 heavy (non-hydrogen) atoms. The van der Waals surface area contributed by atoms with Crippen LogP contribution in [0.1, 0.15) is 28.8 Å². The fourth-order valence-corrected chi connectivity index (χ4v) is 3.19. The highest BCUT2D eigenvalue weighted by Gasteiger charge is 2.34. The van der Waals surface area contributed by atoms with Gasteiger partial charge in [-0.3, -0.25) is 14.6 Å². The van der Waals surface area contributed by atoms with Gasteiger partial charge in [-0.25, -0.2) is 0 Å². The number of nitrogens with one attached hydrogen (secondary N) is 1. The van der Waals surface area contributed by atoms with E-state index in [1.54, 1.807) is 29.4 Å². The van der Waals surface area contributed by atoms with Gasteiger partial charge in [0.2, 0.25) is 5.91 Å². The summed E-state index contributed by atoms with van der Waals surface area (Å²) in [4.78, 5) is 30.9. The van der Waals surface area contributed by atoms with Crippen molar-refractivity contribution in [3.63, 3.8) is 0 Å². The van der Waals surface area contributed by atoms with E-state index in [2.05, 4.69) is 10.3 Å². The van der Waals surface area contributed by atoms with Crippen LogP contribution in [-0.4, -0.2) is 34.3 Å². The van der Waals surface area contributed by atoms with Crippen molar-refractivity contribution in [2.24, 2.45) is 0 Å². The number of amides is 2. The highest BCUT2D eigenvalue weighted by Crippen LogP contribution is 2.26. The zero-order chi connectivity index (χ0) is 17.8. The Morgan fingerprint density at radius 2 is 2.08 bits per heavy atom. The molecule has 1 aromatic heterocycles. The summed E-state index contributed by atoms with van der Waals surface area (Å²) in [5, 5.41) is 3.60. The highest BCUT2D eigenvalue weighted by molar-refractivity contribution is 6.42. The molecule has 5 nitrogen and oxygen atoms in total. The van der Waals surface area contributed by atoms with Gasteiger partial charge in [0.25, 0.3) is 5.91 Å². The first-order valence-electron chi connectivity index (χ1n) is 7.99. The lowest BCUT2D eigenvalue weighted by Gasteiger charge is -2.24. The van der Waals surface area contributed by atoms with Crippen LogP contribution in [-0.2, 0) is 11.3 Å². The number of nitrogens with zero attached hydrogens (tertiary/aromatic N) is 2. The minimum absolute atomic E-state index is 0.158. The van der Waals surface area contributed by atoms with Gasteiger partial charge in [0.1, 0.15) is 6.04 Å². The predicted octanol–water partition coefficient (Wildman–Crippen LogP) is 3.31. The van der Waals surface area contributed by atoms with Crippen LogP contribution in [0.5, 0.6) is 0 Å². The van der Waals surface area contributed by atoms with E-state index < -0.39 is 6.04 Å². The number of carbonyl (C=O) groups excluding carboxylic acids is 2. The predicted molar refractivity (Wildman–Crippen MR) is 96.6 cm³/mol. The van der Waals surface area contributed by atoms with Crippen molar-refractivity contribution in [3.8, 4) is 0 Å². The van der Waals surface area contributed by atoms with E-state index in [1.165, 1.54) is 6.07 Å². The molecule has 1 aromatic carbocycles. The lowest BCUT2D eigenvalue weighted by molar-refractivity contribution is -0.125. The first-order valence-corrected chi connectivity index (χ1v) is 8.74. The van der Waals surface area contributed by atoms with Crippen molar-refractivity contribution in [1.82, 2.24) is 15.2 Å². The second-order valence-electron chi connectivity index (χ2n) is 5.86. The van der Waals surface area contributed by atoms with Crippen molar-refractivity contribution < 1.29 is 9.59 Å². The molecule has 2 aromatic rings. The second-order valence-corrected chi connectivity index (χ2v) is 6.68. The summed E-state index contributed by atoms with van der Waals surface area (Å²) < 4.78 is 0. The Balaban J connectivity index is 1.67. The Bertz CT molecular complexity index is 783. The van der Waals surface area contributed by atoms with Crippen LogP contribution in [0, 0.1) is 0 Å². The molecule has 0 unspecified atom stereocenters. The Hall–Kier alpha value is -2.11. The van der Waals surface area contributed by atoms with E-state index in [-0.39, 0.29) is 11.8 Å². The number of hydrogen-bond donors (Lipinski definition) is 1. The number of benzene rings is 1. The minimum atomic E-state index is -0.473. The fraction of sp³-hybridized carbons (Fsp3) is 0.278. The van der Waals surface area contributed by atoms with Gasteiger partial charge in [0.15, 0.2) is 0 Å². The number of halogens is 2. The third kappa shape index (κ3) is 4.11. The average molecular weight is 378 g/mol. The molecule has 1 saturated heterocycles. The maximum atomic E-state index is 12.7. The summed E-state index contributed by atoms with van der Waals surface area (Å²) in [6, 6.07) is 7.98. The number of carbonyl (C=O) groups is 2. The van der Waals surface area contributed by atoms with Crippen LogP contribution in [0.4, 0.5) is 0 Å². The molecule has 0 spiro atoms. The second kappa shape index (κ2) is 7.85. The Labute approximate surface area is 155 Å². The van der Waals surface area contributed by atoms with Gasteiger partial charge in [0.05, 0.1) is 10.0 Å². The van der Waals surface area contributed by atoms with Gasteiger partial charge < -0.3 is 10.2 Å². The van der Waals surface area contributed by atoms with Crippen molar-refractivity contribution in [1.29, 1.82) is 0 Å². The van der Waals surface area contributed by atoms with Crippen molar-refractivity contribution in [3.05, 3.63) is 63.9 Å². The van der Waals surface area contributed by atoms with E-state index in [4.69, 9.17) is 23.2 Å². The largest absolute Gasteiger partial charge is 0.350 e.